The van der Waals surface area contributed by atoms with Gasteiger partial charge in [-0.05, 0) is 25.7 Å². The van der Waals surface area contributed by atoms with Crippen LogP contribution in [0.1, 0.15) is 46.0 Å². The fourth-order valence-electron chi connectivity index (χ4n) is 2.25. The molecule has 3 N–H and O–H groups in total. The van der Waals surface area contributed by atoms with E-state index in [1.54, 1.807) is 0 Å². The minimum Gasteiger partial charge on any atom is -0.480 e. The van der Waals surface area contributed by atoms with Gasteiger partial charge in [0.1, 0.15) is 6.54 Å². The predicted octanol–water partition coefficient (Wildman–Crippen LogP) is 0.657. The lowest BCUT2D eigenvalue weighted by Crippen LogP contribution is -2.35. The molecule has 0 saturated heterocycles. The molecule has 0 heterocycles. The van der Waals surface area contributed by atoms with E-state index in [1.807, 2.05) is 13.8 Å². The molecule has 0 rings (SSSR count). The summed E-state index contributed by atoms with van der Waals surface area (Å²) in [5.74, 6) is -1.99. The van der Waals surface area contributed by atoms with Crippen molar-refractivity contribution in [2.45, 2.75) is 46.0 Å². The smallest absolute Gasteiger partial charge is 0.322 e. The van der Waals surface area contributed by atoms with Crippen LogP contribution in [-0.4, -0.2) is 42.6 Å². The zero-order chi connectivity index (χ0) is 17.7. The van der Waals surface area contributed by atoms with Gasteiger partial charge >= 0.3 is 5.97 Å². The Hall–Kier alpha value is -2.12. The first-order chi connectivity index (χ1) is 11.0. The highest BCUT2D eigenvalue weighted by Crippen LogP contribution is 2.18. The number of carboxylic acid groups (broad SMARTS) is 1. The maximum atomic E-state index is 11.9. The van der Waals surface area contributed by atoms with Crippen molar-refractivity contribution in [2.75, 3.05) is 13.3 Å². The summed E-state index contributed by atoms with van der Waals surface area (Å²) in [6.45, 7) is 3.50. The topological polar surface area (TPSA) is 122 Å². The lowest BCUT2D eigenvalue weighted by atomic mass is 9.92. The zero-order valence-electron chi connectivity index (χ0n) is 13.7. The molecule has 2 atom stereocenters. The quantitative estimate of drug-likeness (QED) is 0.259. The average molecular weight is 330 g/mol. The number of aliphatic carboxylic acids is 1. The molecular weight excluding hydrogens is 304 g/mol. The third-order valence-corrected chi connectivity index (χ3v) is 3.64. The fraction of sp³-hybridized carbons (Fsp3) is 0.733. The molecule has 132 valence electrons. The van der Waals surface area contributed by atoms with Crippen LogP contribution < -0.4 is 10.6 Å². The predicted molar refractivity (Wildman–Crippen MR) is 82.2 cm³/mol. The monoisotopic (exact) mass is 330 g/mol. The van der Waals surface area contributed by atoms with Gasteiger partial charge in [0, 0.05) is 11.8 Å². The second-order valence-corrected chi connectivity index (χ2v) is 5.20. The van der Waals surface area contributed by atoms with Gasteiger partial charge in [-0.25, -0.2) is 0 Å². The van der Waals surface area contributed by atoms with E-state index in [9.17, 15) is 19.2 Å². The molecule has 2 unspecified atom stereocenters. The molecule has 0 aliphatic rings. The molecular formula is C15H26N2O6. The van der Waals surface area contributed by atoms with Gasteiger partial charge in [-0.1, -0.05) is 20.3 Å². The van der Waals surface area contributed by atoms with Crippen molar-refractivity contribution in [1.29, 1.82) is 0 Å². The minimum absolute atomic E-state index is 0.145. The molecule has 0 saturated carbocycles. The first-order valence-corrected chi connectivity index (χ1v) is 7.78. The van der Waals surface area contributed by atoms with Gasteiger partial charge in [-0.3, -0.25) is 19.2 Å². The zero-order valence-corrected chi connectivity index (χ0v) is 13.7. The van der Waals surface area contributed by atoms with Crippen LogP contribution in [0, 0.1) is 11.8 Å². The van der Waals surface area contributed by atoms with Crippen LogP contribution in [-0.2, 0) is 23.9 Å². The molecule has 23 heavy (non-hydrogen) atoms. The third kappa shape index (κ3) is 9.49. The largest absolute Gasteiger partial charge is 0.480 e. The molecule has 8 heteroatoms. The normalized spacial score (nSPS) is 12.8. The van der Waals surface area contributed by atoms with Crippen molar-refractivity contribution in [3.63, 3.8) is 0 Å². The molecule has 0 aliphatic heterocycles. The summed E-state index contributed by atoms with van der Waals surface area (Å²) >= 11 is 0. The van der Waals surface area contributed by atoms with Gasteiger partial charge in [0.05, 0.1) is 0 Å². The molecule has 0 fully saturated rings. The Morgan fingerprint density at radius 3 is 2.00 bits per heavy atom. The number of amides is 2. The maximum Gasteiger partial charge on any atom is 0.322 e. The molecule has 0 spiro atoms. The van der Waals surface area contributed by atoms with Crippen molar-refractivity contribution < 1.29 is 29.0 Å². The Kier molecular flexibility index (Phi) is 11.3. The van der Waals surface area contributed by atoms with Gasteiger partial charge in [-0.15, -0.1) is 0 Å². The highest BCUT2D eigenvalue weighted by atomic mass is 16.5. The first-order valence-electron chi connectivity index (χ1n) is 7.78. The van der Waals surface area contributed by atoms with Crippen LogP contribution in [0.4, 0.5) is 0 Å². The van der Waals surface area contributed by atoms with E-state index in [0.717, 1.165) is 0 Å². The highest BCUT2D eigenvalue weighted by Gasteiger charge is 2.20. The van der Waals surface area contributed by atoms with Gasteiger partial charge in [-0.2, -0.15) is 0 Å². The second kappa shape index (κ2) is 12.4. The standard InChI is InChI=1S/C15H26N2O6/c1-3-11(14(21)16-8-13(19)20)6-5-7-12(4-2)15(22)17-9-23-10-18/h10-12H,3-9H2,1-2H3,(H,16,21)(H,17,22)(H,19,20). The van der Waals surface area contributed by atoms with Crippen molar-refractivity contribution in [3.05, 3.63) is 0 Å². The minimum atomic E-state index is -1.08. The van der Waals surface area contributed by atoms with Crippen LogP contribution in [0.25, 0.3) is 0 Å². The summed E-state index contributed by atoms with van der Waals surface area (Å²) in [6.07, 6.45) is 3.15. The SMILES string of the molecule is CCC(CCCC(CC)C(=O)NCC(=O)O)C(=O)NCOC=O. The van der Waals surface area contributed by atoms with Crippen molar-refractivity contribution in [1.82, 2.24) is 10.6 Å². The summed E-state index contributed by atoms with van der Waals surface area (Å²) in [7, 11) is 0. The molecule has 2 amide bonds. The molecule has 0 aromatic rings. The molecule has 0 aromatic carbocycles. The molecule has 8 nitrogen and oxygen atoms in total. The van der Waals surface area contributed by atoms with Crippen LogP contribution in [0.15, 0.2) is 0 Å². The van der Waals surface area contributed by atoms with E-state index in [4.69, 9.17) is 5.11 Å². The maximum absolute atomic E-state index is 11.9. The lowest BCUT2D eigenvalue weighted by molar-refractivity contribution is -0.138. The summed E-state index contributed by atoms with van der Waals surface area (Å²) in [5, 5.41) is 13.4. The fourth-order valence-corrected chi connectivity index (χ4v) is 2.25. The molecule has 0 bridgehead atoms. The van der Waals surface area contributed by atoms with Crippen molar-refractivity contribution >= 4 is 24.3 Å². The average Bonchev–Trinajstić information content (AvgIpc) is 2.53. The molecule has 0 radical (unpaired) electrons. The van der Waals surface area contributed by atoms with Crippen LogP contribution in [0.2, 0.25) is 0 Å². The van der Waals surface area contributed by atoms with E-state index < -0.39 is 5.97 Å². The molecule has 0 aromatic heterocycles. The summed E-state index contributed by atoms with van der Waals surface area (Å²) < 4.78 is 4.42. The van der Waals surface area contributed by atoms with E-state index >= 15 is 0 Å². The van der Waals surface area contributed by atoms with Gasteiger partial charge in [0.2, 0.25) is 11.8 Å². The lowest BCUT2D eigenvalue weighted by Gasteiger charge is -2.17. The molecule has 0 aliphatic carbocycles. The second-order valence-electron chi connectivity index (χ2n) is 5.20. The summed E-state index contributed by atoms with van der Waals surface area (Å²) in [5.41, 5.74) is 0. The number of ether oxygens (including phenoxy) is 1. The van der Waals surface area contributed by atoms with E-state index in [1.165, 1.54) is 0 Å². The van der Waals surface area contributed by atoms with Gasteiger partial charge < -0.3 is 20.5 Å². The number of carboxylic acids is 1. The van der Waals surface area contributed by atoms with Gasteiger partial charge in [0.15, 0.2) is 6.73 Å². The van der Waals surface area contributed by atoms with Crippen molar-refractivity contribution in [3.8, 4) is 0 Å². The Morgan fingerprint density at radius 2 is 1.57 bits per heavy atom. The van der Waals surface area contributed by atoms with E-state index in [-0.39, 0.29) is 43.4 Å². The number of hydrogen-bond donors (Lipinski definition) is 3. The van der Waals surface area contributed by atoms with Crippen LogP contribution >= 0.6 is 0 Å². The van der Waals surface area contributed by atoms with Gasteiger partial charge in [0.25, 0.3) is 6.47 Å². The Bertz CT molecular complexity index is 399. The van der Waals surface area contributed by atoms with Crippen LogP contribution in [0.5, 0.6) is 0 Å². The van der Waals surface area contributed by atoms with Crippen molar-refractivity contribution in [2.24, 2.45) is 11.8 Å². The summed E-state index contributed by atoms with van der Waals surface area (Å²) in [6, 6.07) is 0. The number of rotatable bonds is 13. The Morgan fingerprint density at radius 1 is 1.04 bits per heavy atom. The number of carbonyl (C=O) groups excluding carboxylic acids is 3. The first kappa shape index (κ1) is 20.9. The van der Waals surface area contributed by atoms with Crippen LogP contribution in [0.3, 0.4) is 0 Å². The van der Waals surface area contributed by atoms with E-state index in [2.05, 4.69) is 15.4 Å². The highest BCUT2D eigenvalue weighted by molar-refractivity contribution is 5.82. The number of nitrogens with one attached hydrogen (secondary N) is 2. The van der Waals surface area contributed by atoms with E-state index in [0.29, 0.717) is 32.1 Å². The Balaban J connectivity index is 4.19. The third-order valence-electron chi connectivity index (χ3n) is 3.64. The number of carbonyl (C=O) groups is 4. The Labute approximate surface area is 136 Å². The summed E-state index contributed by atoms with van der Waals surface area (Å²) in [4.78, 5) is 44.1. The number of hydrogen-bond acceptors (Lipinski definition) is 5.